The SMILES string of the molecule is CC(C)CN(CC(=O)N1CCn2cccc2[C@@H]1c1ccc([N+](=O)[O-])cc1)C(=O)N(C)C. The highest BCUT2D eigenvalue weighted by molar-refractivity contribution is 5.84. The van der Waals surface area contributed by atoms with Gasteiger partial charge in [-0.05, 0) is 35.7 Å². The number of nitro benzene ring substituents is 1. The van der Waals surface area contributed by atoms with Gasteiger partial charge in [-0.1, -0.05) is 13.8 Å². The molecule has 1 aliphatic heterocycles. The van der Waals surface area contributed by atoms with Crippen LogP contribution in [0.1, 0.15) is 31.1 Å². The average molecular weight is 428 g/mol. The second-order valence-corrected chi connectivity index (χ2v) is 8.42. The van der Waals surface area contributed by atoms with E-state index in [2.05, 4.69) is 4.57 Å². The largest absolute Gasteiger partial charge is 0.348 e. The summed E-state index contributed by atoms with van der Waals surface area (Å²) in [6.07, 6.45) is 1.97. The minimum Gasteiger partial charge on any atom is -0.348 e. The van der Waals surface area contributed by atoms with Crippen LogP contribution >= 0.6 is 0 Å². The number of non-ortho nitro benzene ring substituents is 1. The van der Waals surface area contributed by atoms with Gasteiger partial charge in [-0.15, -0.1) is 0 Å². The van der Waals surface area contributed by atoms with E-state index in [1.165, 1.54) is 17.0 Å². The van der Waals surface area contributed by atoms with Crippen LogP contribution in [0.2, 0.25) is 0 Å². The molecule has 1 aromatic heterocycles. The van der Waals surface area contributed by atoms with Gasteiger partial charge in [0.25, 0.3) is 5.69 Å². The van der Waals surface area contributed by atoms with Crippen molar-refractivity contribution in [2.45, 2.75) is 26.4 Å². The van der Waals surface area contributed by atoms with Gasteiger partial charge in [0.1, 0.15) is 6.54 Å². The summed E-state index contributed by atoms with van der Waals surface area (Å²) in [4.78, 5) is 41.5. The molecule has 2 aromatic rings. The van der Waals surface area contributed by atoms with Gasteiger partial charge in [-0.25, -0.2) is 4.79 Å². The molecule has 0 spiro atoms. The van der Waals surface area contributed by atoms with E-state index < -0.39 is 4.92 Å². The van der Waals surface area contributed by atoms with E-state index in [1.54, 1.807) is 36.0 Å². The Morgan fingerprint density at radius 1 is 1.16 bits per heavy atom. The molecule has 0 saturated heterocycles. The number of hydrogen-bond donors (Lipinski definition) is 0. The maximum atomic E-state index is 13.4. The summed E-state index contributed by atoms with van der Waals surface area (Å²) < 4.78 is 2.09. The van der Waals surface area contributed by atoms with Crippen LogP contribution in [-0.4, -0.2) is 69.9 Å². The summed E-state index contributed by atoms with van der Waals surface area (Å²) in [5.74, 6) is 0.0763. The predicted molar refractivity (Wildman–Crippen MR) is 117 cm³/mol. The van der Waals surface area contributed by atoms with Crippen molar-refractivity contribution < 1.29 is 14.5 Å². The van der Waals surface area contributed by atoms with E-state index in [-0.39, 0.29) is 36.1 Å². The van der Waals surface area contributed by atoms with Crippen LogP contribution in [0.15, 0.2) is 42.6 Å². The lowest BCUT2D eigenvalue weighted by Gasteiger charge is -2.39. The van der Waals surface area contributed by atoms with Crippen molar-refractivity contribution in [3.8, 4) is 0 Å². The molecule has 0 N–H and O–H groups in total. The number of amides is 3. The molecule has 3 amide bonds. The van der Waals surface area contributed by atoms with E-state index in [0.717, 1.165) is 11.3 Å². The zero-order valence-electron chi connectivity index (χ0n) is 18.4. The normalized spacial score (nSPS) is 15.5. The Labute approximate surface area is 182 Å². The number of rotatable bonds is 6. The molecule has 31 heavy (non-hydrogen) atoms. The van der Waals surface area contributed by atoms with Crippen LogP contribution in [0, 0.1) is 16.0 Å². The Hall–Kier alpha value is -3.36. The third kappa shape index (κ3) is 4.87. The van der Waals surface area contributed by atoms with Crippen LogP contribution in [0.4, 0.5) is 10.5 Å². The Balaban J connectivity index is 1.91. The number of fused-ring (bicyclic) bond motifs is 1. The van der Waals surface area contributed by atoms with E-state index in [9.17, 15) is 19.7 Å². The first kappa shape index (κ1) is 22.3. The van der Waals surface area contributed by atoms with Gasteiger partial charge >= 0.3 is 6.03 Å². The van der Waals surface area contributed by atoms with Gasteiger partial charge in [0.15, 0.2) is 0 Å². The molecule has 0 fully saturated rings. The summed E-state index contributed by atoms with van der Waals surface area (Å²) in [6, 6.07) is 9.64. The molecular weight excluding hydrogens is 398 g/mol. The van der Waals surface area contributed by atoms with E-state index in [4.69, 9.17) is 0 Å². The molecule has 1 atom stereocenters. The minimum atomic E-state index is -0.438. The maximum Gasteiger partial charge on any atom is 0.319 e. The molecule has 0 radical (unpaired) electrons. The Morgan fingerprint density at radius 3 is 2.42 bits per heavy atom. The van der Waals surface area contributed by atoms with Crippen molar-refractivity contribution in [2.75, 3.05) is 33.7 Å². The predicted octanol–water partition coefficient (Wildman–Crippen LogP) is 2.97. The summed E-state index contributed by atoms with van der Waals surface area (Å²) in [5.41, 5.74) is 1.75. The monoisotopic (exact) mass is 427 g/mol. The quantitative estimate of drug-likeness (QED) is 0.523. The second kappa shape index (κ2) is 9.20. The molecule has 9 heteroatoms. The number of nitrogens with zero attached hydrogens (tertiary/aromatic N) is 5. The molecule has 2 heterocycles. The molecule has 0 aliphatic carbocycles. The fourth-order valence-corrected chi connectivity index (χ4v) is 3.97. The highest BCUT2D eigenvalue weighted by Gasteiger charge is 2.34. The van der Waals surface area contributed by atoms with Gasteiger partial charge in [0, 0.05) is 57.8 Å². The fraction of sp³-hybridized carbons (Fsp3) is 0.455. The van der Waals surface area contributed by atoms with E-state index >= 15 is 0 Å². The smallest absolute Gasteiger partial charge is 0.319 e. The van der Waals surface area contributed by atoms with Crippen LogP contribution in [0.5, 0.6) is 0 Å². The number of carbonyl (C=O) groups is 2. The highest BCUT2D eigenvalue weighted by atomic mass is 16.6. The molecule has 166 valence electrons. The summed E-state index contributed by atoms with van der Waals surface area (Å²) in [5, 5.41) is 11.0. The first-order chi connectivity index (χ1) is 14.7. The van der Waals surface area contributed by atoms with Crippen LogP contribution in [-0.2, 0) is 11.3 Å². The first-order valence-electron chi connectivity index (χ1n) is 10.3. The number of urea groups is 1. The van der Waals surface area contributed by atoms with E-state index in [1.807, 2.05) is 32.2 Å². The zero-order chi connectivity index (χ0) is 22.7. The van der Waals surface area contributed by atoms with Crippen LogP contribution < -0.4 is 0 Å². The van der Waals surface area contributed by atoms with Crippen molar-refractivity contribution in [3.63, 3.8) is 0 Å². The molecule has 0 saturated carbocycles. The Bertz CT molecular complexity index is 951. The molecular formula is C22H29N5O4. The molecule has 9 nitrogen and oxygen atoms in total. The molecule has 0 unspecified atom stereocenters. The zero-order valence-corrected chi connectivity index (χ0v) is 18.4. The van der Waals surface area contributed by atoms with Crippen LogP contribution in [0.3, 0.4) is 0 Å². The van der Waals surface area contributed by atoms with E-state index in [0.29, 0.717) is 19.6 Å². The fourth-order valence-electron chi connectivity index (χ4n) is 3.97. The summed E-state index contributed by atoms with van der Waals surface area (Å²) in [7, 11) is 3.35. The van der Waals surface area contributed by atoms with Gasteiger partial charge in [0.05, 0.1) is 11.0 Å². The topological polar surface area (TPSA) is 91.9 Å². The maximum absolute atomic E-state index is 13.4. The van der Waals surface area contributed by atoms with Gasteiger partial charge in [-0.3, -0.25) is 14.9 Å². The molecule has 1 aliphatic rings. The number of aromatic nitrogens is 1. The lowest BCUT2D eigenvalue weighted by Crippen LogP contribution is -2.50. The minimum absolute atomic E-state index is 0.00695. The van der Waals surface area contributed by atoms with Gasteiger partial charge < -0.3 is 19.3 Å². The van der Waals surface area contributed by atoms with Crippen molar-refractivity contribution in [1.29, 1.82) is 0 Å². The molecule has 0 bridgehead atoms. The third-order valence-electron chi connectivity index (χ3n) is 5.34. The van der Waals surface area contributed by atoms with Crippen molar-refractivity contribution in [1.82, 2.24) is 19.3 Å². The number of nitro groups is 1. The lowest BCUT2D eigenvalue weighted by molar-refractivity contribution is -0.384. The second-order valence-electron chi connectivity index (χ2n) is 8.42. The Kier molecular flexibility index (Phi) is 6.62. The standard InChI is InChI=1S/C22H29N5O4/c1-16(2)14-25(22(29)23(3)4)15-20(28)26-13-12-24-11-5-6-19(24)21(26)17-7-9-18(10-8-17)27(30)31/h5-11,16,21H,12-15H2,1-4H3/t21-/m0/s1. The van der Waals surface area contributed by atoms with Gasteiger partial charge in [0.2, 0.25) is 5.91 Å². The molecule has 1 aromatic carbocycles. The molecule has 3 rings (SSSR count). The van der Waals surface area contributed by atoms with Gasteiger partial charge in [-0.2, -0.15) is 0 Å². The Morgan fingerprint density at radius 2 is 1.84 bits per heavy atom. The number of benzene rings is 1. The number of carbonyl (C=O) groups excluding carboxylic acids is 2. The average Bonchev–Trinajstić information content (AvgIpc) is 3.20. The third-order valence-corrected chi connectivity index (χ3v) is 5.34. The highest BCUT2D eigenvalue weighted by Crippen LogP contribution is 2.33. The van der Waals surface area contributed by atoms with Crippen molar-refractivity contribution in [2.24, 2.45) is 5.92 Å². The summed E-state index contributed by atoms with van der Waals surface area (Å²) >= 11 is 0. The van der Waals surface area contributed by atoms with Crippen LogP contribution in [0.25, 0.3) is 0 Å². The summed E-state index contributed by atoms with van der Waals surface area (Å²) in [6.45, 7) is 5.63. The van der Waals surface area contributed by atoms with Crippen molar-refractivity contribution in [3.05, 3.63) is 64.0 Å². The lowest BCUT2D eigenvalue weighted by atomic mass is 9.99. The van der Waals surface area contributed by atoms with Crippen molar-refractivity contribution >= 4 is 17.6 Å². The number of hydrogen-bond acceptors (Lipinski definition) is 4. The first-order valence-corrected chi connectivity index (χ1v) is 10.3.